The third kappa shape index (κ3) is 1.52. The van der Waals surface area contributed by atoms with Gasteiger partial charge in [-0.2, -0.15) is 4.73 Å². The second kappa shape index (κ2) is 3.89. The monoisotopic (exact) mass is 219 g/mol. The molecule has 0 N–H and O–H groups in total. The molecule has 0 radical (unpaired) electrons. The molecule has 4 nitrogen and oxygen atoms in total. The molecule has 0 unspecified atom stereocenters. The Morgan fingerprint density at radius 3 is 2.38 bits per heavy atom. The van der Waals surface area contributed by atoms with E-state index in [-0.39, 0.29) is 0 Å². The van der Waals surface area contributed by atoms with Gasteiger partial charge in [0.25, 0.3) is 5.52 Å². The van der Waals surface area contributed by atoms with Crippen molar-refractivity contribution in [1.82, 2.24) is 0 Å². The van der Waals surface area contributed by atoms with Crippen LogP contribution in [0.1, 0.15) is 5.56 Å². The summed E-state index contributed by atoms with van der Waals surface area (Å²) in [5, 5.41) is 12.6. The van der Waals surface area contributed by atoms with Crippen LogP contribution in [-0.2, 0) is 0 Å². The first kappa shape index (κ1) is 10.5. The van der Waals surface area contributed by atoms with Crippen molar-refractivity contribution in [3.63, 3.8) is 0 Å². The number of aromatic nitrogens is 1. The molecule has 0 bridgehead atoms. The lowest BCUT2D eigenvalue weighted by atomic mass is 10.1. The van der Waals surface area contributed by atoms with Gasteiger partial charge in [0.05, 0.1) is 19.6 Å². The van der Waals surface area contributed by atoms with Gasteiger partial charge in [-0.1, -0.05) is 0 Å². The van der Waals surface area contributed by atoms with E-state index in [9.17, 15) is 5.21 Å². The second-order valence-electron chi connectivity index (χ2n) is 3.58. The lowest BCUT2D eigenvalue weighted by molar-refractivity contribution is -0.577. The van der Waals surface area contributed by atoms with E-state index in [0.717, 1.165) is 15.7 Å². The zero-order valence-corrected chi connectivity index (χ0v) is 9.48. The third-order valence-corrected chi connectivity index (χ3v) is 2.49. The van der Waals surface area contributed by atoms with Gasteiger partial charge >= 0.3 is 0 Å². The lowest BCUT2D eigenvalue weighted by Crippen LogP contribution is -2.27. The Balaban J connectivity index is 2.90. The fourth-order valence-electron chi connectivity index (χ4n) is 1.79. The first-order valence-electron chi connectivity index (χ1n) is 4.92. The van der Waals surface area contributed by atoms with Crippen LogP contribution in [0.4, 0.5) is 0 Å². The average molecular weight is 219 g/mol. The SMILES string of the molecule is COc1ccc(OC)c2c1cc(C)c[n+]2[O-]. The zero-order chi connectivity index (χ0) is 11.7. The van der Waals surface area contributed by atoms with E-state index >= 15 is 0 Å². The molecule has 0 fully saturated rings. The predicted molar refractivity (Wildman–Crippen MR) is 60.7 cm³/mol. The molecule has 0 aliphatic heterocycles. The fraction of sp³-hybridized carbons (Fsp3) is 0.250. The van der Waals surface area contributed by atoms with Crippen LogP contribution in [0.5, 0.6) is 11.5 Å². The summed E-state index contributed by atoms with van der Waals surface area (Å²) in [4.78, 5) is 0. The minimum Gasteiger partial charge on any atom is -0.618 e. The molecule has 2 rings (SSSR count). The van der Waals surface area contributed by atoms with E-state index in [2.05, 4.69) is 0 Å². The molecule has 84 valence electrons. The van der Waals surface area contributed by atoms with Gasteiger partial charge in [-0.25, -0.2) is 0 Å². The summed E-state index contributed by atoms with van der Waals surface area (Å²) >= 11 is 0. The van der Waals surface area contributed by atoms with Gasteiger partial charge in [0, 0.05) is 5.56 Å². The van der Waals surface area contributed by atoms with E-state index < -0.39 is 0 Å². The number of pyridine rings is 1. The van der Waals surface area contributed by atoms with Crippen LogP contribution >= 0.6 is 0 Å². The highest BCUT2D eigenvalue weighted by Crippen LogP contribution is 2.30. The van der Waals surface area contributed by atoms with Gasteiger partial charge in [-0.3, -0.25) is 0 Å². The van der Waals surface area contributed by atoms with Crippen LogP contribution in [0.3, 0.4) is 0 Å². The van der Waals surface area contributed by atoms with Crippen LogP contribution in [0.25, 0.3) is 10.9 Å². The van der Waals surface area contributed by atoms with E-state index in [0.29, 0.717) is 17.0 Å². The van der Waals surface area contributed by atoms with E-state index in [1.807, 2.05) is 13.0 Å². The molecular weight excluding hydrogens is 206 g/mol. The molecule has 1 aromatic carbocycles. The normalized spacial score (nSPS) is 10.4. The first-order valence-corrected chi connectivity index (χ1v) is 4.92. The van der Waals surface area contributed by atoms with Crippen LogP contribution in [0.2, 0.25) is 0 Å². The first-order chi connectivity index (χ1) is 7.67. The van der Waals surface area contributed by atoms with Crippen LogP contribution in [0.15, 0.2) is 24.4 Å². The van der Waals surface area contributed by atoms with Gasteiger partial charge in [-0.05, 0) is 25.1 Å². The van der Waals surface area contributed by atoms with Crippen molar-refractivity contribution in [2.75, 3.05) is 14.2 Å². The lowest BCUT2D eigenvalue weighted by Gasteiger charge is -2.10. The molecule has 0 saturated heterocycles. The molecule has 0 aliphatic carbocycles. The molecule has 0 saturated carbocycles. The number of hydrogen-bond donors (Lipinski definition) is 0. The minimum absolute atomic E-state index is 0.493. The topological polar surface area (TPSA) is 45.4 Å². The largest absolute Gasteiger partial charge is 0.618 e. The van der Waals surface area contributed by atoms with Crippen molar-refractivity contribution in [3.05, 3.63) is 35.2 Å². The number of methoxy groups -OCH3 is 2. The number of benzene rings is 1. The molecule has 2 aromatic rings. The number of aryl methyl sites for hydroxylation is 1. The second-order valence-corrected chi connectivity index (χ2v) is 3.58. The van der Waals surface area contributed by atoms with Gasteiger partial charge in [0.2, 0.25) is 0 Å². The maximum Gasteiger partial charge on any atom is 0.269 e. The van der Waals surface area contributed by atoms with Crippen molar-refractivity contribution in [1.29, 1.82) is 0 Å². The third-order valence-electron chi connectivity index (χ3n) is 2.49. The summed E-state index contributed by atoms with van der Waals surface area (Å²) in [6.07, 6.45) is 1.52. The average Bonchev–Trinajstić information content (AvgIpc) is 2.27. The Morgan fingerprint density at radius 2 is 1.75 bits per heavy atom. The summed E-state index contributed by atoms with van der Waals surface area (Å²) < 4.78 is 11.2. The standard InChI is InChI=1S/C12H13NO3/c1-8-6-9-10(15-2)4-5-11(16-3)12(9)13(14)7-8/h4-7H,1-3H3. The number of hydrogen-bond acceptors (Lipinski definition) is 3. The molecule has 16 heavy (non-hydrogen) atoms. The van der Waals surface area contributed by atoms with Gasteiger partial charge in [0.15, 0.2) is 11.9 Å². The molecule has 0 atom stereocenters. The van der Waals surface area contributed by atoms with Crippen molar-refractivity contribution in [2.24, 2.45) is 0 Å². The van der Waals surface area contributed by atoms with Crippen LogP contribution in [-0.4, -0.2) is 14.2 Å². The van der Waals surface area contributed by atoms with Crippen molar-refractivity contribution in [2.45, 2.75) is 6.92 Å². The Labute approximate surface area is 93.6 Å². The predicted octanol–water partition coefficient (Wildman–Crippen LogP) is 1.80. The van der Waals surface area contributed by atoms with Crippen molar-refractivity contribution < 1.29 is 14.2 Å². The Hall–Kier alpha value is -1.97. The van der Waals surface area contributed by atoms with Crippen molar-refractivity contribution in [3.8, 4) is 11.5 Å². The molecular formula is C12H13NO3. The number of ether oxygens (including phenoxy) is 2. The van der Waals surface area contributed by atoms with Crippen LogP contribution < -0.4 is 14.2 Å². The number of nitrogens with zero attached hydrogens (tertiary/aromatic N) is 1. The molecule has 1 aromatic heterocycles. The summed E-state index contributed by atoms with van der Waals surface area (Å²) in [6.45, 7) is 1.87. The Kier molecular flexibility index (Phi) is 2.56. The van der Waals surface area contributed by atoms with Gasteiger partial charge in [0.1, 0.15) is 5.75 Å². The highest BCUT2D eigenvalue weighted by Gasteiger charge is 2.15. The van der Waals surface area contributed by atoms with Crippen molar-refractivity contribution >= 4 is 10.9 Å². The molecule has 0 spiro atoms. The van der Waals surface area contributed by atoms with E-state index in [1.54, 1.807) is 26.4 Å². The number of rotatable bonds is 2. The Morgan fingerprint density at radius 1 is 1.12 bits per heavy atom. The summed E-state index contributed by atoms with van der Waals surface area (Å²) in [5.74, 6) is 1.22. The zero-order valence-electron chi connectivity index (χ0n) is 9.48. The highest BCUT2D eigenvalue weighted by molar-refractivity contribution is 5.88. The van der Waals surface area contributed by atoms with Gasteiger partial charge in [-0.15, -0.1) is 0 Å². The quantitative estimate of drug-likeness (QED) is 0.571. The summed E-state index contributed by atoms with van der Waals surface area (Å²) in [6, 6.07) is 5.43. The molecule has 1 heterocycles. The van der Waals surface area contributed by atoms with E-state index in [1.165, 1.54) is 6.20 Å². The summed E-state index contributed by atoms with van der Waals surface area (Å²) in [5.41, 5.74) is 1.38. The minimum atomic E-state index is 0.493. The fourth-order valence-corrected chi connectivity index (χ4v) is 1.79. The molecule has 4 heteroatoms. The maximum absolute atomic E-state index is 11.8. The molecule has 0 amide bonds. The smallest absolute Gasteiger partial charge is 0.269 e. The van der Waals surface area contributed by atoms with Crippen LogP contribution in [0, 0.1) is 12.1 Å². The highest BCUT2D eigenvalue weighted by atomic mass is 16.5. The van der Waals surface area contributed by atoms with Gasteiger partial charge < -0.3 is 14.7 Å². The Bertz CT molecular complexity index is 537. The number of fused-ring (bicyclic) bond motifs is 1. The molecule has 0 aliphatic rings. The van der Waals surface area contributed by atoms with E-state index in [4.69, 9.17) is 9.47 Å². The summed E-state index contributed by atoms with van der Waals surface area (Å²) in [7, 11) is 3.12. The maximum atomic E-state index is 11.8.